The first-order valence-electron chi connectivity index (χ1n) is 8.76. The Morgan fingerprint density at radius 3 is 2.30 bits per heavy atom. The Bertz CT molecular complexity index is 1090. The summed E-state index contributed by atoms with van der Waals surface area (Å²) in [4.78, 5) is 12.2. The van der Waals surface area contributed by atoms with Crippen LogP contribution in [0, 0.1) is 0 Å². The van der Waals surface area contributed by atoms with E-state index in [1.165, 1.54) is 10.8 Å². The molecular formula is C22H18ClN3O. The number of benzene rings is 3. The van der Waals surface area contributed by atoms with Gasteiger partial charge in [0.1, 0.15) is 0 Å². The van der Waals surface area contributed by atoms with Crippen molar-refractivity contribution in [1.82, 2.24) is 9.99 Å². The van der Waals surface area contributed by atoms with Gasteiger partial charge >= 0.3 is 0 Å². The predicted molar refractivity (Wildman–Crippen MR) is 111 cm³/mol. The number of rotatable bonds is 5. The first kappa shape index (κ1) is 17.3. The number of aryl methyl sites for hydroxylation is 1. The highest BCUT2D eigenvalue weighted by Crippen LogP contribution is 2.28. The van der Waals surface area contributed by atoms with Gasteiger partial charge in [-0.1, -0.05) is 60.1 Å². The number of nitrogens with zero attached hydrogens (tertiary/aromatic N) is 2. The summed E-state index contributed by atoms with van der Waals surface area (Å²) in [5.41, 5.74) is 5.69. The lowest BCUT2D eigenvalue weighted by Gasteiger charge is -2.06. The average molecular weight is 376 g/mol. The zero-order valence-electron chi connectivity index (χ0n) is 14.6. The molecule has 1 N–H and O–H groups in total. The number of aromatic nitrogens is 1. The van der Waals surface area contributed by atoms with E-state index < -0.39 is 0 Å². The van der Waals surface area contributed by atoms with Gasteiger partial charge in [-0.25, -0.2) is 5.43 Å². The van der Waals surface area contributed by atoms with Crippen LogP contribution in [0.4, 0.5) is 0 Å². The lowest BCUT2D eigenvalue weighted by Crippen LogP contribution is -2.19. The molecule has 0 fully saturated rings. The van der Waals surface area contributed by atoms with E-state index in [0.717, 1.165) is 16.6 Å². The molecule has 0 unspecified atom stereocenters. The van der Waals surface area contributed by atoms with Gasteiger partial charge in [-0.3, -0.25) is 4.79 Å². The van der Waals surface area contributed by atoms with Crippen LogP contribution >= 0.6 is 11.6 Å². The second-order valence-corrected chi connectivity index (χ2v) is 6.72. The first-order valence-corrected chi connectivity index (χ1v) is 9.13. The van der Waals surface area contributed by atoms with Crippen molar-refractivity contribution in [3.63, 3.8) is 0 Å². The van der Waals surface area contributed by atoms with E-state index in [1.807, 2.05) is 36.4 Å². The number of carbonyl (C=O) groups is 1. The molecule has 0 aliphatic heterocycles. The summed E-state index contributed by atoms with van der Waals surface area (Å²) in [6.07, 6.45) is 1.93. The van der Waals surface area contributed by atoms with Crippen LogP contribution in [0.15, 0.2) is 77.9 Å². The normalized spacial score (nSPS) is 11.4. The molecule has 0 aliphatic rings. The number of nitrogens with one attached hydrogen (secondary N) is 1. The minimum absolute atomic E-state index is 0.129. The summed E-state index contributed by atoms with van der Waals surface area (Å²) in [5, 5.41) is 7.05. The summed E-state index contributed by atoms with van der Waals surface area (Å²) in [7, 11) is 0. The minimum atomic E-state index is -0.129. The van der Waals surface area contributed by atoms with Gasteiger partial charge in [-0.05, 0) is 29.8 Å². The maximum absolute atomic E-state index is 12.2. The summed E-state index contributed by atoms with van der Waals surface area (Å²) in [5.74, 6) is -0.129. The molecule has 0 radical (unpaired) electrons. The average Bonchev–Trinajstić information content (AvgIpc) is 3.00. The van der Waals surface area contributed by atoms with E-state index in [-0.39, 0.29) is 5.91 Å². The Morgan fingerprint density at radius 2 is 1.63 bits per heavy atom. The van der Waals surface area contributed by atoms with Crippen LogP contribution in [-0.2, 0) is 11.3 Å². The topological polar surface area (TPSA) is 46.4 Å². The molecule has 0 saturated carbocycles. The molecule has 1 aromatic heterocycles. The number of para-hydroxylation sites is 2. The number of hydrogen-bond donors (Lipinski definition) is 1. The van der Waals surface area contributed by atoms with E-state index >= 15 is 0 Å². The number of halogens is 1. The quantitative estimate of drug-likeness (QED) is 0.387. The fourth-order valence-electron chi connectivity index (χ4n) is 3.28. The molecule has 134 valence electrons. The van der Waals surface area contributed by atoms with Crippen molar-refractivity contribution in [3.8, 4) is 0 Å². The van der Waals surface area contributed by atoms with Crippen molar-refractivity contribution < 1.29 is 4.79 Å². The van der Waals surface area contributed by atoms with E-state index in [0.29, 0.717) is 18.0 Å². The number of fused-ring (bicyclic) bond motifs is 3. The predicted octanol–water partition coefficient (Wildman–Crippen LogP) is 4.99. The van der Waals surface area contributed by atoms with Crippen LogP contribution in [0.5, 0.6) is 0 Å². The summed E-state index contributed by atoms with van der Waals surface area (Å²) < 4.78 is 2.19. The number of amides is 1. The van der Waals surface area contributed by atoms with Crippen LogP contribution in [-0.4, -0.2) is 16.7 Å². The molecule has 4 aromatic rings. The third-order valence-corrected chi connectivity index (χ3v) is 4.73. The van der Waals surface area contributed by atoms with Crippen LogP contribution in [0.25, 0.3) is 21.8 Å². The first-order chi connectivity index (χ1) is 13.2. The second kappa shape index (κ2) is 7.64. The standard InChI is InChI=1S/C22H18ClN3O/c23-17-7-5-6-16(14-17)15-24-25-22(27)12-13-26-20-10-3-1-8-18(20)19-9-2-4-11-21(19)26/h1-11,14-15H,12-13H2,(H,25,27)/b24-15-. The molecule has 0 spiro atoms. The maximum atomic E-state index is 12.2. The van der Waals surface area contributed by atoms with Crippen molar-refractivity contribution in [3.05, 3.63) is 83.4 Å². The number of hydrazone groups is 1. The number of carbonyl (C=O) groups excluding carboxylic acids is 1. The SMILES string of the molecule is O=C(CCn1c2ccccc2c2ccccc21)N/N=C\c1cccc(Cl)c1. The third-order valence-electron chi connectivity index (χ3n) is 4.49. The molecular weight excluding hydrogens is 358 g/mol. The minimum Gasteiger partial charge on any atom is -0.340 e. The monoisotopic (exact) mass is 375 g/mol. The molecule has 0 aliphatic carbocycles. The van der Waals surface area contributed by atoms with E-state index in [4.69, 9.17) is 11.6 Å². The molecule has 27 heavy (non-hydrogen) atoms. The highest BCUT2D eigenvalue weighted by molar-refractivity contribution is 6.30. The van der Waals surface area contributed by atoms with E-state index in [2.05, 4.69) is 39.4 Å². The zero-order valence-corrected chi connectivity index (χ0v) is 15.4. The van der Waals surface area contributed by atoms with Crippen molar-refractivity contribution >= 4 is 45.5 Å². The van der Waals surface area contributed by atoms with Gasteiger partial charge in [0.2, 0.25) is 5.91 Å². The van der Waals surface area contributed by atoms with Gasteiger partial charge in [0, 0.05) is 39.8 Å². The van der Waals surface area contributed by atoms with Crippen LogP contribution in [0.1, 0.15) is 12.0 Å². The van der Waals surface area contributed by atoms with E-state index in [1.54, 1.807) is 18.3 Å². The molecule has 1 heterocycles. The zero-order chi connectivity index (χ0) is 18.6. The van der Waals surface area contributed by atoms with Crippen LogP contribution in [0.2, 0.25) is 5.02 Å². The second-order valence-electron chi connectivity index (χ2n) is 6.28. The Kier molecular flexibility index (Phi) is 4.90. The molecule has 0 bridgehead atoms. The van der Waals surface area contributed by atoms with Gasteiger partial charge in [0.15, 0.2) is 0 Å². The Hall–Kier alpha value is -3.11. The molecule has 0 atom stereocenters. The molecule has 4 nitrogen and oxygen atoms in total. The van der Waals surface area contributed by atoms with Crippen LogP contribution in [0.3, 0.4) is 0 Å². The van der Waals surface area contributed by atoms with Crippen LogP contribution < -0.4 is 5.43 Å². The Morgan fingerprint density at radius 1 is 0.963 bits per heavy atom. The fraction of sp³-hybridized carbons (Fsp3) is 0.0909. The lowest BCUT2D eigenvalue weighted by molar-refractivity contribution is -0.121. The molecule has 3 aromatic carbocycles. The van der Waals surface area contributed by atoms with Crippen molar-refractivity contribution in [2.24, 2.45) is 5.10 Å². The fourth-order valence-corrected chi connectivity index (χ4v) is 3.48. The summed E-state index contributed by atoms with van der Waals surface area (Å²) in [6.45, 7) is 0.590. The molecule has 0 saturated heterocycles. The van der Waals surface area contributed by atoms with Crippen molar-refractivity contribution in [1.29, 1.82) is 0 Å². The Balaban J connectivity index is 1.47. The molecule has 5 heteroatoms. The Labute approximate surface area is 162 Å². The lowest BCUT2D eigenvalue weighted by atomic mass is 10.2. The van der Waals surface area contributed by atoms with Gasteiger partial charge in [-0.15, -0.1) is 0 Å². The number of hydrogen-bond acceptors (Lipinski definition) is 2. The van der Waals surface area contributed by atoms with Crippen molar-refractivity contribution in [2.45, 2.75) is 13.0 Å². The van der Waals surface area contributed by atoms with Gasteiger partial charge < -0.3 is 4.57 Å². The van der Waals surface area contributed by atoms with Gasteiger partial charge in [0.05, 0.1) is 6.21 Å². The maximum Gasteiger partial charge on any atom is 0.241 e. The van der Waals surface area contributed by atoms with Gasteiger partial charge in [0.25, 0.3) is 0 Å². The van der Waals surface area contributed by atoms with Gasteiger partial charge in [-0.2, -0.15) is 5.10 Å². The highest BCUT2D eigenvalue weighted by Gasteiger charge is 2.10. The van der Waals surface area contributed by atoms with Crippen molar-refractivity contribution in [2.75, 3.05) is 0 Å². The summed E-state index contributed by atoms with van der Waals surface area (Å²) in [6, 6.07) is 23.8. The largest absolute Gasteiger partial charge is 0.340 e. The molecule has 4 rings (SSSR count). The summed E-state index contributed by atoms with van der Waals surface area (Å²) >= 11 is 5.94. The highest BCUT2D eigenvalue weighted by atomic mass is 35.5. The smallest absolute Gasteiger partial charge is 0.241 e. The molecule has 1 amide bonds. The van der Waals surface area contributed by atoms with E-state index in [9.17, 15) is 4.79 Å². The third kappa shape index (κ3) is 3.71.